The van der Waals surface area contributed by atoms with E-state index in [0.29, 0.717) is 16.8 Å². The van der Waals surface area contributed by atoms with Gasteiger partial charge in [0.25, 0.3) is 0 Å². The Balaban J connectivity index is 2.13. The minimum Gasteiger partial charge on any atom is -0.462 e. The molecule has 2 rings (SSSR count). The van der Waals surface area contributed by atoms with Gasteiger partial charge in [0.15, 0.2) is 0 Å². The van der Waals surface area contributed by atoms with E-state index in [-0.39, 0.29) is 22.4 Å². The van der Waals surface area contributed by atoms with Crippen molar-refractivity contribution in [2.24, 2.45) is 0 Å². The van der Waals surface area contributed by atoms with Gasteiger partial charge in [-0.15, -0.1) is 0 Å². The van der Waals surface area contributed by atoms with E-state index in [1.807, 2.05) is 0 Å². The molecule has 1 N–H and O–H groups in total. The van der Waals surface area contributed by atoms with E-state index >= 15 is 0 Å². The summed E-state index contributed by atoms with van der Waals surface area (Å²) in [6.45, 7) is 1.98. The standard InChI is InChI=1S/C16H15Cl2NO4S/c1-2-23-16(20)11-6-8-12(9-7-11)19-24(21,22)10-13-14(17)4-3-5-15(13)18/h3-9,19H,2,10H2,1H3. The number of carbonyl (C=O) groups is 1. The van der Waals surface area contributed by atoms with E-state index in [4.69, 9.17) is 27.9 Å². The molecule has 0 bridgehead atoms. The number of carbonyl (C=O) groups excluding carboxylic acids is 1. The van der Waals surface area contributed by atoms with E-state index in [9.17, 15) is 13.2 Å². The van der Waals surface area contributed by atoms with Crippen molar-refractivity contribution < 1.29 is 17.9 Å². The van der Waals surface area contributed by atoms with Crippen molar-refractivity contribution in [1.29, 1.82) is 0 Å². The monoisotopic (exact) mass is 387 g/mol. The zero-order valence-corrected chi connectivity index (χ0v) is 15.1. The molecule has 0 aliphatic heterocycles. The van der Waals surface area contributed by atoms with Crippen LogP contribution in [0.15, 0.2) is 42.5 Å². The average molecular weight is 388 g/mol. The minimum atomic E-state index is -3.71. The fraction of sp³-hybridized carbons (Fsp3) is 0.188. The third kappa shape index (κ3) is 4.87. The van der Waals surface area contributed by atoms with Gasteiger partial charge in [-0.3, -0.25) is 4.72 Å². The van der Waals surface area contributed by atoms with Crippen molar-refractivity contribution in [3.63, 3.8) is 0 Å². The fourth-order valence-corrected chi connectivity index (χ4v) is 3.91. The van der Waals surface area contributed by atoms with Gasteiger partial charge >= 0.3 is 5.97 Å². The van der Waals surface area contributed by atoms with Gasteiger partial charge in [0, 0.05) is 21.3 Å². The molecule has 0 aliphatic carbocycles. The Kier molecular flexibility index (Phi) is 6.10. The Bertz CT molecular complexity index is 815. The van der Waals surface area contributed by atoms with Gasteiger partial charge in [0.2, 0.25) is 10.0 Å². The number of sulfonamides is 1. The molecule has 0 saturated heterocycles. The molecule has 0 spiro atoms. The predicted octanol–water partition coefficient (Wildman–Crippen LogP) is 4.11. The lowest BCUT2D eigenvalue weighted by atomic mass is 10.2. The third-order valence-electron chi connectivity index (χ3n) is 3.07. The normalized spacial score (nSPS) is 11.1. The second-order valence-electron chi connectivity index (χ2n) is 4.86. The summed E-state index contributed by atoms with van der Waals surface area (Å²) in [6.07, 6.45) is 0. The van der Waals surface area contributed by atoms with Gasteiger partial charge < -0.3 is 4.74 Å². The Hall–Kier alpha value is -1.76. The number of hydrogen-bond donors (Lipinski definition) is 1. The molecule has 0 heterocycles. The topological polar surface area (TPSA) is 72.5 Å². The number of rotatable bonds is 6. The van der Waals surface area contributed by atoms with Crippen molar-refractivity contribution >= 4 is 44.9 Å². The molecule has 2 aromatic carbocycles. The average Bonchev–Trinajstić information content (AvgIpc) is 2.52. The zero-order chi connectivity index (χ0) is 17.7. The minimum absolute atomic E-state index is 0.270. The van der Waals surface area contributed by atoms with Crippen LogP contribution >= 0.6 is 23.2 Å². The smallest absolute Gasteiger partial charge is 0.338 e. The highest BCUT2D eigenvalue weighted by Crippen LogP contribution is 2.26. The summed E-state index contributed by atoms with van der Waals surface area (Å²) < 4.78 is 31.8. The number of esters is 1. The van der Waals surface area contributed by atoms with Crippen molar-refractivity contribution in [1.82, 2.24) is 0 Å². The molecule has 0 saturated carbocycles. The van der Waals surface area contributed by atoms with Crippen LogP contribution in [0.3, 0.4) is 0 Å². The summed E-state index contributed by atoms with van der Waals surface area (Å²) in [4.78, 5) is 11.6. The predicted molar refractivity (Wildman–Crippen MR) is 95.1 cm³/mol. The second kappa shape index (κ2) is 7.88. The van der Waals surface area contributed by atoms with E-state index in [0.717, 1.165) is 0 Å². The van der Waals surface area contributed by atoms with Crippen LogP contribution in [-0.2, 0) is 20.5 Å². The fourth-order valence-electron chi connectivity index (χ4n) is 1.96. The molecular formula is C16H15Cl2NO4S. The molecule has 2 aromatic rings. The lowest BCUT2D eigenvalue weighted by Gasteiger charge is -2.11. The number of halogens is 2. The second-order valence-corrected chi connectivity index (χ2v) is 7.40. The van der Waals surface area contributed by atoms with Crippen LogP contribution in [0, 0.1) is 0 Å². The first-order valence-corrected chi connectivity index (χ1v) is 9.44. The highest BCUT2D eigenvalue weighted by atomic mass is 35.5. The Morgan fingerprint density at radius 1 is 1.08 bits per heavy atom. The highest BCUT2D eigenvalue weighted by molar-refractivity contribution is 7.91. The molecule has 0 unspecified atom stereocenters. The van der Waals surface area contributed by atoms with Crippen LogP contribution in [0.1, 0.15) is 22.8 Å². The molecule has 0 aliphatic rings. The maximum Gasteiger partial charge on any atom is 0.338 e. The van der Waals surface area contributed by atoms with Crippen LogP contribution in [0.25, 0.3) is 0 Å². The molecular weight excluding hydrogens is 373 g/mol. The van der Waals surface area contributed by atoms with Crippen molar-refractivity contribution in [2.45, 2.75) is 12.7 Å². The summed E-state index contributed by atoms with van der Waals surface area (Å²) in [5.74, 6) is -0.819. The van der Waals surface area contributed by atoms with Crippen LogP contribution in [0.4, 0.5) is 5.69 Å². The number of nitrogens with one attached hydrogen (secondary N) is 1. The molecule has 5 nitrogen and oxygen atoms in total. The Morgan fingerprint density at radius 2 is 1.67 bits per heavy atom. The van der Waals surface area contributed by atoms with Gasteiger partial charge in [-0.25, -0.2) is 13.2 Å². The third-order valence-corrected chi connectivity index (χ3v) is 4.99. The van der Waals surface area contributed by atoms with Crippen molar-refractivity contribution in [3.05, 3.63) is 63.6 Å². The van der Waals surface area contributed by atoms with Crippen LogP contribution in [0.5, 0.6) is 0 Å². The molecule has 0 radical (unpaired) electrons. The first-order valence-electron chi connectivity index (χ1n) is 7.03. The number of hydrogen-bond acceptors (Lipinski definition) is 4. The summed E-state index contributed by atoms with van der Waals surface area (Å²) in [7, 11) is -3.71. The maximum absolute atomic E-state index is 12.3. The first-order chi connectivity index (χ1) is 11.3. The van der Waals surface area contributed by atoms with Crippen LogP contribution < -0.4 is 4.72 Å². The quantitative estimate of drug-likeness (QED) is 0.756. The summed E-state index contributed by atoms with van der Waals surface area (Å²) >= 11 is 12.0. The first kappa shape index (κ1) is 18.6. The van der Waals surface area contributed by atoms with Crippen molar-refractivity contribution in [3.8, 4) is 0 Å². The lowest BCUT2D eigenvalue weighted by Crippen LogP contribution is -2.15. The van der Waals surface area contributed by atoms with Gasteiger partial charge in [-0.2, -0.15) is 0 Å². The highest BCUT2D eigenvalue weighted by Gasteiger charge is 2.17. The largest absolute Gasteiger partial charge is 0.462 e. The number of ether oxygens (including phenoxy) is 1. The lowest BCUT2D eigenvalue weighted by molar-refractivity contribution is 0.0526. The molecule has 0 atom stereocenters. The molecule has 8 heteroatoms. The van der Waals surface area contributed by atoms with E-state index in [1.165, 1.54) is 24.3 Å². The van der Waals surface area contributed by atoms with E-state index in [1.54, 1.807) is 25.1 Å². The van der Waals surface area contributed by atoms with Crippen LogP contribution in [0.2, 0.25) is 10.0 Å². The maximum atomic E-state index is 12.3. The van der Waals surface area contributed by atoms with Crippen LogP contribution in [-0.4, -0.2) is 21.0 Å². The summed E-state index contributed by atoms with van der Waals surface area (Å²) in [6, 6.07) is 10.7. The van der Waals surface area contributed by atoms with Crippen molar-refractivity contribution in [2.75, 3.05) is 11.3 Å². The SMILES string of the molecule is CCOC(=O)c1ccc(NS(=O)(=O)Cc2c(Cl)cccc2Cl)cc1. The summed E-state index contributed by atoms with van der Waals surface area (Å²) in [5.41, 5.74) is 0.997. The zero-order valence-electron chi connectivity index (χ0n) is 12.8. The molecule has 0 aromatic heterocycles. The number of benzene rings is 2. The number of anilines is 1. The molecule has 0 amide bonds. The Morgan fingerprint density at radius 3 is 2.21 bits per heavy atom. The van der Waals surface area contributed by atoms with Gasteiger partial charge in [-0.1, -0.05) is 29.3 Å². The van der Waals surface area contributed by atoms with E-state index in [2.05, 4.69) is 4.72 Å². The molecule has 0 fully saturated rings. The van der Waals surface area contributed by atoms with Gasteiger partial charge in [0.05, 0.1) is 17.9 Å². The van der Waals surface area contributed by atoms with Gasteiger partial charge in [0.1, 0.15) is 0 Å². The molecule has 24 heavy (non-hydrogen) atoms. The van der Waals surface area contributed by atoms with Gasteiger partial charge in [-0.05, 0) is 43.3 Å². The van der Waals surface area contributed by atoms with E-state index < -0.39 is 16.0 Å². The summed E-state index contributed by atoms with van der Waals surface area (Å²) in [5, 5.41) is 0.566. The molecule has 128 valence electrons. The Labute approximate surface area is 150 Å².